The molecule has 2 N–H and O–H groups in total. The van der Waals surface area contributed by atoms with Crippen molar-refractivity contribution in [1.82, 2.24) is 4.72 Å². The Bertz CT molecular complexity index is 828. The van der Waals surface area contributed by atoms with Crippen molar-refractivity contribution in [3.8, 4) is 0 Å². The summed E-state index contributed by atoms with van der Waals surface area (Å²) in [5, 5.41) is 2.85. The number of carbonyl (C=O) groups excluding carboxylic acids is 1. The number of hydrogen-bond acceptors (Lipinski definition) is 3. The van der Waals surface area contributed by atoms with E-state index < -0.39 is 10.0 Å². The van der Waals surface area contributed by atoms with Crippen LogP contribution >= 0.6 is 0 Å². The van der Waals surface area contributed by atoms with Gasteiger partial charge in [-0.25, -0.2) is 13.1 Å². The lowest BCUT2D eigenvalue weighted by Gasteiger charge is -2.13. The zero-order valence-electron chi connectivity index (χ0n) is 14.7. The maximum Gasteiger partial charge on any atom is 0.240 e. The average molecular weight is 360 g/mol. The minimum absolute atomic E-state index is 0.0475. The summed E-state index contributed by atoms with van der Waals surface area (Å²) < 4.78 is 26.8. The second-order valence-electron chi connectivity index (χ2n) is 6.25. The third-order valence-electron chi connectivity index (χ3n) is 3.83. The topological polar surface area (TPSA) is 75.3 Å². The van der Waals surface area contributed by atoms with Crippen LogP contribution in [0, 0.1) is 6.92 Å². The number of aryl methyl sites for hydroxylation is 1. The molecule has 0 aliphatic carbocycles. The number of para-hydroxylation sites is 1. The molecule has 0 aliphatic heterocycles. The Balaban J connectivity index is 1.91. The Morgan fingerprint density at radius 2 is 1.68 bits per heavy atom. The van der Waals surface area contributed by atoms with E-state index in [-0.39, 0.29) is 29.7 Å². The van der Waals surface area contributed by atoms with Crippen molar-refractivity contribution < 1.29 is 13.2 Å². The van der Waals surface area contributed by atoms with Gasteiger partial charge in [0.15, 0.2) is 0 Å². The fourth-order valence-corrected chi connectivity index (χ4v) is 3.46. The van der Waals surface area contributed by atoms with Gasteiger partial charge in [-0.05, 0) is 36.6 Å². The van der Waals surface area contributed by atoms with E-state index in [0.717, 1.165) is 16.8 Å². The van der Waals surface area contributed by atoms with Crippen molar-refractivity contribution in [3.05, 3.63) is 59.7 Å². The summed E-state index contributed by atoms with van der Waals surface area (Å²) in [6.45, 7) is 6.05. The second-order valence-corrected chi connectivity index (χ2v) is 8.02. The number of anilines is 1. The molecule has 25 heavy (non-hydrogen) atoms. The smallest absolute Gasteiger partial charge is 0.240 e. The van der Waals surface area contributed by atoms with Gasteiger partial charge in [0.2, 0.25) is 15.9 Å². The highest BCUT2D eigenvalue weighted by Crippen LogP contribution is 2.23. The standard InChI is InChI=1S/C19H24N2O3S/c1-14(2)17-6-4-5-7-18(17)21-19(22)12-13-20-25(23,24)16-10-8-15(3)9-11-16/h4-11,14,20H,12-13H2,1-3H3,(H,21,22). The van der Waals surface area contributed by atoms with Gasteiger partial charge in [0.1, 0.15) is 0 Å². The van der Waals surface area contributed by atoms with Crippen molar-refractivity contribution in [2.45, 2.75) is 38.0 Å². The van der Waals surface area contributed by atoms with E-state index in [1.807, 2.05) is 31.2 Å². The average Bonchev–Trinajstić information content (AvgIpc) is 2.55. The maximum absolute atomic E-state index is 12.2. The lowest BCUT2D eigenvalue weighted by molar-refractivity contribution is -0.116. The largest absolute Gasteiger partial charge is 0.326 e. The van der Waals surface area contributed by atoms with Gasteiger partial charge in [0, 0.05) is 18.7 Å². The molecule has 0 unspecified atom stereocenters. The van der Waals surface area contributed by atoms with Gasteiger partial charge in [0.05, 0.1) is 4.90 Å². The number of rotatable bonds is 7. The fraction of sp³-hybridized carbons (Fsp3) is 0.316. The van der Waals surface area contributed by atoms with E-state index in [0.29, 0.717) is 0 Å². The van der Waals surface area contributed by atoms with E-state index in [1.54, 1.807) is 24.3 Å². The predicted octanol–water partition coefficient (Wildman–Crippen LogP) is 3.43. The zero-order valence-corrected chi connectivity index (χ0v) is 15.6. The van der Waals surface area contributed by atoms with Crippen LogP contribution in [-0.2, 0) is 14.8 Å². The molecular formula is C19H24N2O3S. The third-order valence-corrected chi connectivity index (χ3v) is 5.31. The van der Waals surface area contributed by atoms with E-state index in [2.05, 4.69) is 23.9 Å². The van der Waals surface area contributed by atoms with Crippen LogP contribution in [0.5, 0.6) is 0 Å². The van der Waals surface area contributed by atoms with Gasteiger partial charge in [-0.15, -0.1) is 0 Å². The van der Waals surface area contributed by atoms with Gasteiger partial charge in [-0.3, -0.25) is 4.79 Å². The molecule has 5 nitrogen and oxygen atoms in total. The lowest BCUT2D eigenvalue weighted by Crippen LogP contribution is -2.28. The summed E-state index contributed by atoms with van der Waals surface area (Å²) in [6.07, 6.45) is 0.0670. The Labute approximate surface area is 149 Å². The highest BCUT2D eigenvalue weighted by Gasteiger charge is 2.14. The summed E-state index contributed by atoms with van der Waals surface area (Å²) in [5.74, 6) is 0.0660. The zero-order chi connectivity index (χ0) is 18.4. The van der Waals surface area contributed by atoms with Gasteiger partial charge in [-0.1, -0.05) is 49.7 Å². The second kappa shape index (κ2) is 8.27. The Morgan fingerprint density at radius 3 is 2.32 bits per heavy atom. The van der Waals surface area contributed by atoms with E-state index >= 15 is 0 Å². The van der Waals surface area contributed by atoms with Crippen LogP contribution in [-0.4, -0.2) is 20.9 Å². The van der Waals surface area contributed by atoms with Crippen LogP contribution in [0.4, 0.5) is 5.69 Å². The molecule has 0 atom stereocenters. The highest BCUT2D eigenvalue weighted by molar-refractivity contribution is 7.89. The number of sulfonamides is 1. The molecule has 6 heteroatoms. The third kappa shape index (κ3) is 5.41. The number of carbonyl (C=O) groups is 1. The van der Waals surface area contributed by atoms with Crippen LogP contribution in [0.15, 0.2) is 53.4 Å². The van der Waals surface area contributed by atoms with Gasteiger partial charge in [0.25, 0.3) is 0 Å². The molecule has 0 radical (unpaired) electrons. The lowest BCUT2D eigenvalue weighted by atomic mass is 10.0. The van der Waals surface area contributed by atoms with E-state index in [4.69, 9.17) is 0 Å². The van der Waals surface area contributed by atoms with Crippen molar-refractivity contribution in [3.63, 3.8) is 0 Å². The van der Waals surface area contributed by atoms with Crippen LogP contribution in [0.3, 0.4) is 0 Å². The monoisotopic (exact) mass is 360 g/mol. The van der Waals surface area contributed by atoms with Crippen molar-refractivity contribution in [2.24, 2.45) is 0 Å². The molecule has 0 heterocycles. The predicted molar refractivity (Wildman–Crippen MR) is 100 cm³/mol. The SMILES string of the molecule is Cc1ccc(S(=O)(=O)NCCC(=O)Nc2ccccc2C(C)C)cc1. The molecule has 0 aliphatic rings. The number of nitrogens with one attached hydrogen (secondary N) is 2. The number of hydrogen-bond donors (Lipinski definition) is 2. The maximum atomic E-state index is 12.2. The molecular weight excluding hydrogens is 336 g/mol. The summed E-state index contributed by atoms with van der Waals surface area (Å²) in [7, 11) is -3.60. The summed E-state index contributed by atoms with van der Waals surface area (Å²) in [5.41, 5.74) is 2.81. The molecule has 0 spiro atoms. The first-order chi connectivity index (χ1) is 11.8. The molecule has 2 rings (SSSR count). The molecule has 2 aromatic carbocycles. The molecule has 1 amide bonds. The molecule has 0 aromatic heterocycles. The van der Waals surface area contributed by atoms with Gasteiger partial charge < -0.3 is 5.32 Å². The minimum Gasteiger partial charge on any atom is -0.326 e. The van der Waals surface area contributed by atoms with Crippen LogP contribution < -0.4 is 10.0 Å². The first-order valence-corrected chi connectivity index (χ1v) is 9.73. The van der Waals surface area contributed by atoms with Gasteiger partial charge in [-0.2, -0.15) is 0 Å². The van der Waals surface area contributed by atoms with Crippen molar-refractivity contribution in [2.75, 3.05) is 11.9 Å². The van der Waals surface area contributed by atoms with E-state index in [1.165, 1.54) is 0 Å². The summed E-state index contributed by atoms with van der Waals surface area (Å²) in [4.78, 5) is 12.3. The minimum atomic E-state index is -3.60. The molecule has 134 valence electrons. The first-order valence-electron chi connectivity index (χ1n) is 8.24. The van der Waals surface area contributed by atoms with Crippen LogP contribution in [0.1, 0.15) is 37.3 Å². The summed E-state index contributed by atoms with van der Waals surface area (Å²) in [6, 6.07) is 14.2. The molecule has 0 saturated heterocycles. The van der Waals surface area contributed by atoms with Crippen LogP contribution in [0.2, 0.25) is 0 Å². The fourth-order valence-electron chi connectivity index (χ4n) is 2.43. The molecule has 2 aromatic rings. The van der Waals surface area contributed by atoms with E-state index in [9.17, 15) is 13.2 Å². The summed E-state index contributed by atoms with van der Waals surface area (Å²) >= 11 is 0. The Hall–Kier alpha value is -2.18. The highest BCUT2D eigenvalue weighted by atomic mass is 32.2. The number of benzene rings is 2. The molecule has 0 saturated carbocycles. The Morgan fingerprint density at radius 1 is 1.04 bits per heavy atom. The molecule has 0 bridgehead atoms. The van der Waals surface area contributed by atoms with Gasteiger partial charge >= 0.3 is 0 Å². The first kappa shape index (κ1) is 19.1. The van der Waals surface area contributed by atoms with Crippen molar-refractivity contribution >= 4 is 21.6 Å². The quantitative estimate of drug-likeness (QED) is 0.794. The number of amides is 1. The normalized spacial score (nSPS) is 11.5. The van der Waals surface area contributed by atoms with Crippen LogP contribution in [0.25, 0.3) is 0 Å². The Kier molecular flexibility index (Phi) is 6.33. The molecule has 0 fully saturated rings. The van der Waals surface area contributed by atoms with Crippen molar-refractivity contribution in [1.29, 1.82) is 0 Å².